The van der Waals surface area contributed by atoms with Gasteiger partial charge in [0.1, 0.15) is 24.4 Å². The van der Waals surface area contributed by atoms with Crippen LogP contribution in [-0.4, -0.2) is 206 Å². The lowest BCUT2D eigenvalue weighted by molar-refractivity contribution is -0.0353. The summed E-state index contributed by atoms with van der Waals surface area (Å²) >= 11 is 0. The molecule has 576 valence electrons. The molecular weight excluding hydrogens is 1570 g/mol. The zero-order valence-electron chi connectivity index (χ0n) is 52.0. The largest absolute Gasteiger partial charge is 0.490 e. The molecule has 16 N–H and O–H groups in total. The van der Waals surface area contributed by atoms with Gasteiger partial charge in [-0.1, -0.05) is 40.5 Å². The van der Waals surface area contributed by atoms with Crippen LogP contribution in [0, 0.1) is 5.92 Å². The van der Waals surface area contributed by atoms with Crippen molar-refractivity contribution in [2.45, 2.75) is 172 Å². The molecule has 0 spiro atoms. The Morgan fingerprint density at radius 3 is 0.760 bits per heavy atom. The molecule has 4 fully saturated rings. The Hall–Kier alpha value is 1.32. The van der Waals surface area contributed by atoms with Gasteiger partial charge < -0.3 is 116 Å². The van der Waals surface area contributed by atoms with E-state index in [4.69, 9.17) is 96.6 Å². The van der Waals surface area contributed by atoms with E-state index in [1.54, 1.807) is 6.92 Å². The molecule has 4 saturated heterocycles. The lowest BCUT2D eigenvalue weighted by Crippen LogP contribution is -2.28. The molecule has 0 aliphatic carbocycles. The summed E-state index contributed by atoms with van der Waals surface area (Å²) in [5.74, 6) is 0.480. The monoisotopic (exact) mass is 1660 g/mol. The zero-order valence-corrected chi connectivity index (χ0v) is 62.7. The van der Waals surface area contributed by atoms with Gasteiger partial charge in [-0.2, -0.15) is 34.5 Å². The fourth-order valence-corrected chi connectivity index (χ4v) is 20.6. The van der Waals surface area contributed by atoms with Gasteiger partial charge in [-0.15, -0.1) is 0 Å². The van der Waals surface area contributed by atoms with Crippen molar-refractivity contribution in [2.75, 3.05) is 54.9 Å². The van der Waals surface area contributed by atoms with Gasteiger partial charge in [-0.25, -0.2) is 54.8 Å². The minimum absolute atomic E-state index is 0.116. The van der Waals surface area contributed by atoms with E-state index in [9.17, 15) is 74.4 Å². The van der Waals surface area contributed by atoms with Gasteiger partial charge in [0.15, 0.2) is 0 Å². The van der Waals surface area contributed by atoms with Crippen molar-refractivity contribution < 1.29 is 224 Å². The molecule has 0 aromatic rings. The normalized spacial score (nSPS) is 30.1. The minimum Gasteiger partial charge on any atom is -0.379 e. The number of phosphoric ester groups is 4. The van der Waals surface area contributed by atoms with Gasteiger partial charge in [0.05, 0.1) is 75.3 Å². The van der Waals surface area contributed by atoms with E-state index in [0.717, 1.165) is 38.5 Å². The second kappa shape index (κ2) is 40.9. The summed E-state index contributed by atoms with van der Waals surface area (Å²) < 4.78 is 223. The number of rotatable bonds is 39. The number of phosphoric acid groups is 12. The summed E-state index contributed by atoms with van der Waals surface area (Å²) in [5.41, 5.74) is 0. The molecule has 4 aliphatic heterocycles. The molecule has 0 amide bonds. The summed E-state index contributed by atoms with van der Waals surface area (Å²) in [7, 11) is -58.6. The summed E-state index contributed by atoms with van der Waals surface area (Å²) in [5, 5.41) is 0. The highest BCUT2D eigenvalue weighted by Gasteiger charge is 2.48. The van der Waals surface area contributed by atoms with Gasteiger partial charge in [-0.05, 0) is 38.5 Å². The molecule has 48 nitrogen and oxygen atoms in total. The zero-order chi connectivity index (χ0) is 74.5. The van der Waals surface area contributed by atoms with Crippen LogP contribution in [-0.2, 0) is 145 Å². The maximum absolute atomic E-state index is 11.7. The predicted octanol–water partition coefficient (Wildman–Crippen LogP) is 5.07. The van der Waals surface area contributed by atoms with E-state index < -0.39 is 169 Å². The Balaban J connectivity index is 0.000000641. The van der Waals surface area contributed by atoms with E-state index >= 15 is 0 Å². The van der Waals surface area contributed by atoms with Crippen molar-refractivity contribution in [1.29, 1.82) is 0 Å². The van der Waals surface area contributed by atoms with Gasteiger partial charge >= 0.3 is 93.9 Å². The first-order valence-corrected chi connectivity index (χ1v) is 45.3. The van der Waals surface area contributed by atoms with Crippen LogP contribution in [0.15, 0.2) is 0 Å². The van der Waals surface area contributed by atoms with Gasteiger partial charge in [0.25, 0.3) is 0 Å². The minimum atomic E-state index is -5.53. The van der Waals surface area contributed by atoms with Crippen molar-refractivity contribution in [3.63, 3.8) is 0 Å². The first-order valence-electron chi connectivity index (χ1n) is 27.2. The van der Waals surface area contributed by atoms with Gasteiger partial charge in [0.2, 0.25) is 0 Å². The number of ether oxygens (including phenoxy) is 8. The van der Waals surface area contributed by atoms with E-state index in [2.05, 4.69) is 66.4 Å². The standard InChI is InChI=1S/C11H25O12P3.2C9H21O12P3.C7H17O12P3/c1-8(2)4-5-9-6-10(19-3)11(21-9)7-20-25(15,16)23-26(17,18)22-24(12,13)14;2*1-3-4-7-5-8(17-2)9(19-7)6-18-23(13,14)21-24(15,16)20-22(10,11)12;1-5-3-6(15-2)7(17-5)4-16-21(11,12)19-22(13,14)18-20(8,9)10/h8-11H,4-7H2,1-3H3,(H,15,16)(H,17,18)(H2,12,13,14);2*7-9H,3-6H2,1-2H3,(H,13,14)(H,15,16)(H2,10,11,12);5-7H,3-4H2,1-2H3,(H,11,12)(H,13,14)(H2,8,9,10)/t9-,10+,11+;2*7-,8+,9+;5-,6+,7+/m0000/s1. The number of methoxy groups -OCH3 is 4. The highest BCUT2D eigenvalue weighted by molar-refractivity contribution is 7.68. The highest BCUT2D eigenvalue weighted by atomic mass is 31.3. The molecule has 0 aromatic heterocycles. The molecule has 0 bridgehead atoms. The molecular formula is C36H84O48P12. The van der Waals surface area contributed by atoms with Crippen LogP contribution in [0.5, 0.6) is 0 Å². The Morgan fingerprint density at radius 2 is 0.552 bits per heavy atom. The Morgan fingerprint density at radius 1 is 0.333 bits per heavy atom. The molecule has 4 aliphatic rings. The predicted molar refractivity (Wildman–Crippen MR) is 315 cm³/mol. The average molecular weight is 1660 g/mol. The van der Waals surface area contributed by atoms with E-state index in [0.29, 0.717) is 31.6 Å². The summed E-state index contributed by atoms with van der Waals surface area (Å²) in [6.07, 6.45) is 2.04. The van der Waals surface area contributed by atoms with Crippen LogP contribution in [0.4, 0.5) is 0 Å². The van der Waals surface area contributed by atoms with Crippen LogP contribution < -0.4 is 0 Å². The van der Waals surface area contributed by atoms with Crippen LogP contribution in [0.1, 0.15) is 98.8 Å². The van der Waals surface area contributed by atoms with Crippen molar-refractivity contribution in [3.8, 4) is 0 Å². The third kappa shape index (κ3) is 43.1. The highest BCUT2D eigenvalue weighted by Crippen LogP contribution is 2.70. The summed E-state index contributed by atoms with van der Waals surface area (Å²) in [4.78, 5) is 141. The second-order valence-electron chi connectivity index (χ2n) is 20.5. The molecule has 4 heterocycles. The van der Waals surface area contributed by atoms with Crippen LogP contribution in [0.3, 0.4) is 0 Å². The van der Waals surface area contributed by atoms with Gasteiger partial charge in [-0.3, -0.25) is 18.1 Å². The molecule has 0 saturated carbocycles. The number of hydrogen-bond donors (Lipinski definition) is 16. The molecule has 4 rings (SSSR count). The molecule has 60 heteroatoms. The fraction of sp³-hybridized carbons (Fsp3) is 1.00. The van der Waals surface area contributed by atoms with Crippen LogP contribution >= 0.6 is 93.9 Å². The summed E-state index contributed by atoms with van der Waals surface area (Å²) in [6, 6.07) is 0. The summed E-state index contributed by atoms with van der Waals surface area (Å²) in [6.45, 7) is 7.80. The lowest BCUT2D eigenvalue weighted by Gasteiger charge is -2.20. The van der Waals surface area contributed by atoms with Crippen LogP contribution in [0.2, 0.25) is 0 Å². The topological polar surface area (TPSA) is 713 Å². The van der Waals surface area contributed by atoms with Crippen molar-refractivity contribution >= 4 is 93.9 Å². The fourth-order valence-electron chi connectivity index (χ4n) is 8.51. The van der Waals surface area contributed by atoms with Crippen molar-refractivity contribution in [1.82, 2.24) is 0 Å². The molecule has 0 radical (unpaired) electrons. The Kier molecular flexibility index (Phi) is 40.6. The average Bonchev–Trinajstić information content (AvgIpc) is 1.65. The SMILES string of the molecule is CCC[C@H]1C[C@@H](OC)[C@@H](COP(=O)(O)OP(=O)(O)OP(=O)(O)O)O1.CCC[C@H]1C[C@@H](OC)[C@@H](COP(=O)(O)OP(=O)(O)OP(=O)(O)O)O1.CO[C@@H]1C[C@H](C)O[C@@H]1COP(=O)(O)OP(=O)(O)OP(=O)(O)O.CO[C@@H]1C[C@H](CCC(C)C)O[C@@H]1COP(=O)(O)OP(=O)(O)OP(=O)(O)O. The Labute approximate surface area is 548 Å². The third-order valence-electron chi connectivity index (χ3n) is 12.0. The maximum Gasteiger partial charge on any atom is 0.490 e. The van der Waals surface area contributed by atoms with Crippen molar-refractivity contribution in [3.05, 3.63) is 0 Å². The molecule has 8 unspecified atom stereocenters. The number of hydrogen-bond acceptors (Lipinski definition) is 32. The van der Waals surface area contributed by atoms with E-state index in [-0.39, 0.29) is 24.4 Å². The quantitative estimate of drug-likeness (QED) is 0.0357. The maximum atomic E-state index is 11.7. The first kappa shape index (κ1) is 95.3. The first-order chi connectivity index (χ1) is 43.3. The molecule has 0 aromatic carbocycles. The molecule has 96 heavy (non-hydrogen) atoms. The van der Waals surface area contributed by atoms with E-state index in [1.165, 1.54) is 28.4 Å². The Bertz CT molecular complexity index is 2870. The van der Waals surface area contributed by atoms with Crippen LogP contribution in [0.25, 0.3) is 0 Å². The molecule has 20 atom stereocenters. The van der Waals surface area contributed by atoms with Crippen molar-refractivity contribution in [2.24, 2.45) is 5.92 Å². The third-order valence-corrected chi connectivity index (χ3v) is 27.2. The van der Waals surface area contributed by atoms with E-state index in [1.807, 2.05) is 13.8 Å². The van der Waals surface area contributed by atoms with Gasteiger partial charge in [0, 0.05) is 54.1 Å². The lowest BCUT2D eigenvalue weighted by atomic mass is 10.0. The second-order valence-corrected chi connectivity index (χ2v) is 38.2. The smallest absolute Gasteiger partial charge is 0.379 e.